The molecule has 0 bridgehead atoms. The van der Waals surface area contributed by atoms with Crippen molar-refractivity contribution < 1.29 is 19.1 Å². The first kappa shape index (κ1) is 13.4. The first-order valence-electron chi connectivity index (χ1n) is 7.05. The molecule has 3 fully saturated rings. The van der Waals surface area contributed by atoms with Gasteiger partial charge in [-0.25, -0.2) is 9.59 Å². The third-order valence-corrected chi connectivity index (χ3v) is 5.59. The van der Waals surface area contributed by atoms with Crippen molar-refractivity contribution in [2.45, 2.75) is 57.2 Å². The van der Waals surface area contributed by atoms with Gasteiger partial charge in [0.1, 0.15) is 11.2 Å². The summed E-state index contributed by atoms with van der Waals surface area (Å²) in [6.45, 7) is 11.7. The smallest absolute Gasteiger partial charge is 0.334 e. The van der Waals surface area contributed by atoms with E-state index >= 15 is 0 Å². The van der Waals surface area contributed by atoms with Crippen LogP contribution in [0.25, 0.3) is 0 Å². The molecule has 2 spiro atoms. The van der Waals surface area contributed by atoms with E-state index in [0.717, 1.165) is 19.3 Å². The summed E-state index contributed by atoms with van der Waals surface area (Å²) in [5, 5.41) is 0. The summed E-state index contributed by atoms with van der Waals surface area (Å²) in [6.07, 6.45) is 3.48. The summed E-state index contributed by atoms with van der Waals surface area (Å²) in [7, 11) is 0. The topological polar surface area (TPSA) is 52.6 Å². The normalized spacial score (nSPS) is 39.5. The first-order chi connectivity index (χ1) is 9.23. The molecule has 3 aliphatic rings. The Morgan fingerprint density at radius 2 is 1.30 bits per heavy atom. The largest absolute Gasteiger partial charge is 0.455 e. The summed E-state index contributed by atoms with van der Waals surface area (Å²) < 4.78 is 11.4. The van der Waals surface area contributed by atoms with Gasteiger partial charge in [-0.2, -0.15) is 0 Å². The molecule has 20 heavy (non-hydrogen) atoms. The quantitative estimate of drug-likeness (QED) is 0.504. The molecule has 3 rings (SSSR count). The predicted molar refractivity (Wildman–Crippen MR) is 72.8 cm³/mol. The van der Waals surface area contributed by atoms with E-state index in [0.29, 0.717) is 24.0 Å². The van der Waals surface area contributed by atoms with Crippen LogP contribution in [-0.4, -0.2) is 23.1 Å². The molecule has 2 atom stereocenters. The highest BCUT2D eigenvalue weighted by Crippen LogP contribution is 2.61. The lowest BCUT2D eigenvalue weighted by atomic mass is 9.55. The highest BCUT2D eigenvalue weighted by Gasteiger charge is 2.67. The van der Waals surface area contributed by atoms with Crippen LogP contribution in [0.1, 0.15) is 46.0 Å². The van der Waals surface area contributed by atoms with Crippen LogP contribution in [0.5, 0.6) is 0 Å². The second-order valence-corrected chi connectivity index (χ2v) is 6.81. The molecule has 2 aliphatic heterocycles. The number of esters is 2. The van der Waals surface area contributed by atoms with Gasteiger partial charge in [0.05, 0.1) is 0 Å². The van der Waals surface area contributed by atoms with E-state index in [-0.39, 0.29) is 11.9 Å². The average Bonchev–Trinajstić information content (AvgIpc) is 2.79. The Hall–Kier alpha value is -1.58. The fraction of sp³-hybridized carbons (Fsp3) is 0.625. The summed E-state index contributed by atoms with van der Waals surface area (Å²) in [4.78, 5) is 23.6. The predicted octanol–water partition coefficient (Wildman–Crippen LogP) is 2.68. The van der Waals surface area contributed by atoms with Gasteiger partial charge >= 0.3 is 11.9 Å². The maximum atomic E-state index is 11.8. The number of hydrogen-bond donors (Lipinski definition) is 0. The molecule has 1 aliphatic carbocycles. The molecule has 0 amide bonds. The van der Waals surface area contributed by atoms with Crippen molar-refractivity contribution in [2.24, 2.45) is 5.41 Å². The van der Waals surface area contributed by atoms with Crippen LogP contribution in [-0.2, 0) is 19.1 Å². The third-order valence-electron chi connectivity index (χ3n) is 5.59. The average molecular weight is 276 g/mol. The Bertz CT molecular complexity index is 463. The molecular formula is C16H20O4. The number of ether oxygens (including phenoxy) is 2. The summed E-state index contributed by atoms with van der Waals surface area (Å²) >= 11 is 0. The maximum absolute atomic E-state index is 11.8. The van der Waals surface area contributed by atoms with Gasteiger partial charge < -0.3 is 9.47 Å². The van der Waals surface area contributed by atoms with Crippen molar-refractivity contribution in [1.29, 1.82) is 0 Å². The molecule has 0 aromatic rings. The van der Waals surface area contributed by atoms with E-state index in [1.165, 1.54) is 0 Å². The Kier molecular flexibility index (Phi) is 2.51. The van der Waals surface area contributed by atoms with Crippen LogP contribution in [0.15, 0.2) is 24.3 Å². The van der Waals surface area contributed by atoms with E-state index in [4.69, 9.17) is 9.47 Å². The van der Waals surface area contributed by atoms with Crippen LogP contribution < -0.4 is 0 Å². The monoisotopic (exact) mass is 276 g/mol. The molecule has 0 aromatic heterocycles. The number of hydrogen-bond acceptors (Lipinski definition) is 4. The second-order valence-electron chi connectivity index (χ2n) is 6.81. The molecule has 4 heteroatoms. The Labute approximate surface area is 118 Å². The molecule has 0 unspecified atom stereocenters. The van der Waals surface area contributed by atoms with Crippen LogP contribution in [0.3, 0.4) is 0 Å². The second kappa shape index (κ2) is 3.74. The van der Waals surface area contributed by atoms with Crippen molar-refractivity contribution in [3.63, 3.8) is 0 Å². The van der Waals surface area contributed by atoms with Gasteiger partial charge in [-0.1, -0.05) is 27.0 Å². The zero-order chi connectivity index (χ0) is 14.8. The minimum absolute atomic E-state index is 0.321. The summed E-state index contributed by atoms with van der Waals surface area (Å²) in [5.74, 6) is -0.642. The van der Waals surface area contributed by atoms with Gasteiger partial charge in [-0.15, -0.1) is 0 Å². The molecule has 4 nitrogen and oxygen atoms in total. The van der Waals surface area contributed by atoms with Gasteiger partial charge in [0, 0.05) is 29.4 Å². The van der Waals surface area contributed by atoms with Gasteiger partial charge in [0.25, 0.3) is 0 Å². The van der Waals surface area contributed by atoms with E-state index < -0.39 is 16.6 Å². The Morgan fingerprint density at radius 1 is 0.900 bits per heavy atom. The Balaban J connectivity index is 2.04. The number of carbonyl (C=O) groups is 2. The van der Waals surface area contributed by atoms with Gasteiger partial charge in [-0.05, 0) is 19.3 Å². The molecule has 2 saturated heterocycles. The van der Waals surface area contributed by atoms with E-state index in [1.54, 1.807) is 0 Å². The van der Waals surface area contributed by atoms with E-state index in [2.05, 4.69) is 13.2 Å². The van der Waals surface area contributed by atoms with Crippen molar-refractivity contribution in [3.8, 4) is 0 Å². The van der Waals surface area contributed by atoms with E-state index in [1.807, 2.05) is 13.8 Å². The molecule has 1 saturated carbocycles. The molecule has 108 valence electrons. The zero-order valence-electron chi connectivity index (χ0n) is 12.1. The molecule has 0 radical (unpaired) electrons. The van der Waals surface area contributed by atoms with Crippen LogP contribution in [0.2, 0.25) is 0 Å². The summed E-state index contributed by atoms with van der Waals surface area (Å²) in [6, 6.07) is 0. The van der Waals surface area contributed by atoms with Crippen molar-refractivity contribution in [1.82, 2.24) is 0 Å². The minimum Gasteiger partial charge on any atom is -0.455 e. The van der Waals surface area contributed by atoms with Crippen molar-refractivity contribution >= 4 is 11.9 Å². The molecule has 2 heterocycles. The molecular weight excluding hydrogens is 256 g/mol. The number of rotatable bonds is 0. The minimum atomic E-state index is -0.607. The van der Waals surface area contributed by atoms with Crippen molar-refractivity contribution in [3.05, 3.63) is 24.3 Å². The molecule has 0 N–H and O–H groups in total. The Morgan fingerprint density at radius 3 is 1.60 bits per heavy atom. The van der Waals surface area contributed by atoms with Crippen LogP contribution in [0, 0.1) is 5.41 Å². The third kappa shape index (κ3) is 1.42. The fourth-order valence-corrected chi connectivity index (χ4v) is 4.08. The lowest BCUT2D eigenvalue weighted by Crippen LogP contribution is -2.61. The lowest BCUT2D eigenvalue weighted by Gasteiger charge is -2.55. The van der Waals surface area contributed by atoms with Gasteiger partial charge in [0.15, 0.2) is 0 Å². The highest BCUT2D eigenvalue weighted by molar-refractivity contribution is 5.92. The fourth-order valence-electron chi connectivity index (χ4n) is 4.08. The standard InChI is InChI=1S/C16H20O4/c1-10-8-15(19-12(10)17)6-5-7-16(14(15,3)4)9-11(2)13(18)20-16/h1-2,5-9H2,3-4H3/t15-,16+. The van der Waals surface area contributed by atoms with Crippen LogP contribution in [0.4, 0.5) is 0 Å². The van der Waals surface area contributed by atoms with Crippen molar-refractivity contribution in [2.75, 3.05) is 0 Å². The first-order valence-corrected chi connectivity index (χ1v) is 7.05. The van der Waals surface area contributed by atoms with E-state index in [9.17, 15) is 9.59 Å². The van der Waals surface area contributed by atoms with Crippen LogP contribution >= 0.6 is 0 Å². The highest BCUT2D eigenvalue weighted by atomic mass is 16.6. The number of carbonyl (C=O) groups excluding carboxylic acids is 2. The van der Waals surface area contributed by atoms with Gasteiger partial charge in [-0.3, -0.25) is 0 Å². The van der Waals surface area contributed by atoms with Gasteiger partial charge in [0.2, 0.25) is 0 Å². The maximum Gasteiger partial charge on any atom is 0.334 e. The molecule has 0 aromatic carbocycles. The zero-order valence-corrected chi connectivity index (χ0v) is 12.1. The summed E-state index contributed by atoms with van der Waals surface area (Å²) in [5.41, 5.74) is -0.645. The SMILES string of the molecule is C=C1C[C@@]2(CCC[C@]3(CC(=C)C(=O)O3)C2(C)C)OC1=O. The lowest BCUT2D eigenvalue weighted by molar-refractivity contribution is -0.217.